The summed E-state index contributed by atoms with van der Waals surface area (Å²) in [7, 11) is -3.44. The lowest BCUT2D eigenvalue weighted by Gasteiger charge is -2.21. The van der Waals surface area contributed by atoms with Gasteiger partial charge in [-0.1, -0.05) is 31.2 Å². The lowest BCUT2D eigenvalue weighted by atomic mass is 9.99. The summed E-state index contributed by atoms with van der Waals surface area (Å²) in [4.78, 5) is 0. The summed E-state index contributed by atoms with van der Waals surface area (Å²) in [6.07, 6.45) is 4.16. The SMILES string of the molecule is CCc1cccc(C2CC(c3ccco3)=NN2S(C)(=O)=O)c1. The van der Waals surface area contributed by atoms with Gasteiger partial charge in [0, 0.05) is 6.42 Å². The van der Waals surface area contributed by atoms with Crippen molar-refractivity contribution in [2.45, 2.75) is 25.8 Å². The molecule has 0 saturated heterocycles. The predicted octanol–water partition coefficient (Wildman–Crippen LogP) is 2.95. The molecule has 1 atom stereocenters. The maximum absolute atomic E-state index is 12.1. The average molecular weight is 318 g/mol. The zero-order valence-corrected chi connectivity index (χ0v) is 13.4. The van der Waals surface area contributed by atoms with Crippen molar-refractivity contribution in [1.29, 1.82) is 0 Å². The van der Waals surface area contributed by atoms with Gasteiger partial charge in [-0.15, -0.1) is 0 Å². The Morgan fingerprint density at radius 1 is 1.32 bits per heavy atom. The Kier molecular flexibility index (Phi) is 3.78. The minimum absolute atomic E-state index is 0.318. The number of furan rings is 1. The van der Waals surface area contributed by atoms with E-state index in [1.54, 1.807) is 18.4 Å². The van der Waals surface area contributed by atoms with E-state index in [4.69, 9.17) is 4.42 Å². The Bertz CT molecular complexity index is 795. The molecule has 0 amide bonds. The van der Waals surface area contributed by atoms with Crippen LogP contribution in [0.4, 0.5) is 0 Å². The maximum atomic E-state index is 12.1. The summed E-state index contributed by atoms with van der Waals surface area (Å²) in [6.45, 7) is 2.08. The zero-order chi connectivity index (χ0) is 15.7. The minimum atomic E-state index is -3.44. The van der Waals surface area contributed by atoms with E-state index in [1.165, 1.54) is 16.2 Å². The van der Waals surface area contributed by atoms with Crippen molar-refractivity contribution in [2.75, 3.05) is 6.26 Å². The largest absolute Gasteiger partial charge is 0.463 e. The molecule has 5 nitrogen and oxygen atoms in total. The number of nitrogens with zero attached hydrogens (tertiary/aromatic N) is 2. The lowest BCUT2D eigenvalue weighted by molar-refractivity contribution is 0.374. The van der Waals surface area contributed by atoms with Crippen molar-refractivity contribution in [2.24, 2.45) is 5.10 Å². The van der Waals surface area contributed by atoms with E-state index in [9.17, 15) is 8.42 Å². The highest BCUT2D eigenvalue weighted by molar-refractivity contribution is 7.88. The molecule has 1 aliphatic heterocycles. The number of rotatable bonds is 4. The van der Waals surface area contributed by atoms with E-state index in [0.29, 0.717) is 17.9 Å². The summed E-state index contributed by atoms with van der Waals surface area (Å²) in [6, 6.07) is 11.2. The third-order valence-electron chi connectivity index (χ3n) is 3.76. The summed E-state index contributed by atoms with van der Waals surface area (Å²) >= 11 is 0. The number of aryl methyl sites for hydroxylation is 1. The topological polar surface area (TPSA) is 62.9 Å². The van der Waals surface area contributed by atoms with Gasteiger partial charge < -0.3 is 4.42 Å². The predicted molar refractivity (Wildman–Crippen MR) is 85.1 cm³/mol. The van der Waals surface area contributed by atoms with Crippen LogP contribution in [-0.2, 0) is 16.4 Å². The van der Waals surface area contributed by atoms with E-state index in [-0.39, 0.29) is 6.04 Å². The molecule has 0 aliphatic carbocycles. The van der Waals surface area contributed by atoms with Gasteiger partial charge in [0.25, 0.3) is 0 Å². The smallest absolute Gasteiger partial charge is 0.247 e. The molecular formula is C16H18N2O3S. The number of sulfonamides is 1. The monoisotopic (exact) mass is 318 g/mol. The van der Waals surface area contributed by atoms with Gasteiger partial charge in [0.2, 0.25) is 10.0 Å². The molecule has 3 rings (SSSR count). The van der Waals surface area contributed by atoms with Crippen LogP contribution in [0.5, 0.6) is 0 Å². The number of hydrogen-bond donors (Lipinski definition) is 0. The van der Waals surface area contributed by atoms with Crippen LogP contribution < -0.4 is 0 Å². The molecule has 2 aromatic rings. The first-order chi connectivity index (χ1) is 10.5. The van der Waals surface area contributed by atoms with Crippen LogP contribution in [0.2, 0.25) is 0 Å². The first kappa shape index (κ1) is 14.8. The average Bonchev–Trinajstić information content (AvgIpc) is 3.15. The summed E-state index contributed by atoms with van der Waals surface area (Å²) in [5.74, 6) is 0.614. The van der Waals surface area contributed by atoms with Gasteiger partial charge >= 0.3 is 0 Å². The molecule has 1 unspecified atom stereocenters. The molecule has 6 heteroatoms. The summed E-state index contributed by atoms with van der Waals surface area (Å²) in [5, 5.41) is 4.28. The zero-order valence-electron chi connectivity index (χ0n) is 12.6. The van der Waals surface area contributed by atoms with Crippen LogP contribution in [0.1, 0.15) is 36.3 Å². The third kappa shape index (κ3) is 2.78. The Labute approximate surface area is 130 Å². The molecule has 0 saturated carbocycles. The van der Waals surface area contributed by atoms with E-state index in [0.717, 1.165) is 12.0 Å². The highest BCUT2D eigenvalue weighted by Crippen LogP contribution is 2.34. The van der Waals surface area contributed by atoms with Gasteiger partial charge in [0.15, 0.2) is 0 Å². The number of hydrogen-bond acceptors (Lipinski definition) is 4. The van der Waals surface area contributed by atoms with E-state index in [2.05, 4.69) is 12.0 Å². The van der Waals surface area contributed by atoms with Gasteiger partial charge in [-0.2, -0.15) is 9.52 Å². The molecule has 2 heterocycles. The van der Waals surface area contributed by atoms with Crippen LogP contribution in [0.15, 0.2) is 52.2 Å². The fourth-order valence-electron chi connectivity index (χ4n) is 2.65. The molecule has 0 spiro atoms. The first-order valence-corrected chi connectivity index (χ1v) is 9.03. The van der Waals surface area contributed by atoms with Crippen molar-refractivity contribution in [3.63, 3.8) is 0 Å². The molecule has 0 N–H and O–H groups in total. The standard InChI is InChI=1S/C16H18N2O3S/c1-3-12-6-4-7-13(10-12)15-11-14(16-8-5-9-21-16)17-18(15)22(2,19)20/h4-10,15H,3,11H2,1-2H3. The Morgan fingerprint density at radius 3 is 2.77 bits per heavy atom. The molecule has 22 heavy (non-hydrogen) atoms. The van der Waals surface area contributed by atoms with Gasteiger partial charge in [0.05, 0.1) is 18.6 Å². The molecule has 0 fully saturated rings. The van der Waals surface area contributed by atoms with Gasteiger partial charge in [-0.25, -0.2) is 8.42 Å². The first-order valence-electron chi connectivity index (χ1n) is 7.18. The number of hydrazone groups is 1. The Balaban J connectivity index is 2.00. The summed E-state index contributed by atoms with van der Waals surface area (Å²) in [5.41, 5.74) is 2.79. The van der Waals surface area contributed by atoms with Gasteiger partial charge in [0.1, 0.15) is 11.5 Å². The summed E-state index contributed by atoms with van der Waals surface area (Å²) < 4.78 is 30.7. The van der Waals surface area contributed by atoms with Crippen LogP contribution in [0.25, 0.3) is 0 Å². The second-order valence-corrected chi connectivity index (χ2v) is 7.22. The fraction of sp³-hybridized carbons (Fsp3) is 0.312. The van der Waals surface area contributed by atoms with E-state index in [1.807, 2.05) is 24.3 Å². The minimum Gasteiger partial charge on any atom is -0.463 e. The molecule has 116 valence electrons. The van der Waals surface area contributed by atoms with Crippen molar-refractivity contribution >= 4 is 15.7 Å². The molecule has 0 bridgehead atoms. The van der Waals surface area contributed by atoms with Gasteiger partial charge in [-0.05, 0) is 29.7 Å². The maximum Gasteiger partial charge on any atom is 0.247 e. The normalized spacial score (nSPS) is 18.5. The molecular weight excluding hydrogens is 300 g/mol. The van der Waals surface area contributed by atoms with Crippen LogP contribution in [-0.4, -0.2) is 24.8 Å². The highest BCUT2D eigenvalue weighted by Gasteiger charge is 2.35. The van der Waals surface area contributed by atoms with Crippen LogP contribution >= 0.6 is 0 Å². The second-order valence-electron chi connectivity index (χ2n) is 5.38. The van der Waals surface area contributed by atoms with Crippen molar-refractivity contribution in [3.05, 3.63) is 59.5 Å². The van der Waals surface area contributed by atoms with Crippen LogP contribution in [0.3, 0.4) is 0 Å². The Hall–Kier alpha value is -2.08. The van der Waals surface area contributed by atoms with Crippen LogP contribution in [0, 0.1) is 0 Å². The van der Waals surface area contributed by atoms with Crippen molar-refractivity contribution in [3.8, 4) is 0 Å². The second kappa shape index (κ2) is 5.61. The van der Waals surface area contributed by atoms with E-state index < -0.39 is 10.0 Å². The number of benzene rings is 1. The molecule has 1 aromatic heterocycles. The Morgan fingerprint density at radius 2 is 2.14 bits per heavy atom. The van der Waals surface area contributed by atoms with E-state index >= 15 is 0 Å². The molecule has 0 radical (unpaired) electrons. The lowest BCUT2D eigenvalue weighted by Crippen LogP contribution is -2.26. The quantitative estimate of drug-likeness (QED) is 0.870. The third-order valence-corrected chi connectivity index (χ3v) is 4.78. The molecule has 1 aliphatic rings. The van der Waals surface area contributed by atoms with Gasteiger partial charge in [-0.3, -0.25) is 0 Å². The van der Waals surface area contributed by atoms with Crippen molar-refractivity contribution < 1.29 is 12.8 Å². The fourth-order valence-corrected chi connectivity index (χ4v) is 3.56. The molecule has 1 aromatic carbocycles. The van der Waals surface area contributed by atoms with Crippen molar-refractivity contribution in [1.82, 2.24) is 4.41 Å². The highest BCUT2D eigenvalue weighted by atomic mass is 32.2.